The van der Waals surface area contributed by atoms with Crippen LogP contribution >= 0.6 is 0 Å². The molecule has 0 bridgehead atoms. The molecule has 1 heterocycles. The highest BCUT2D eigenvalue weighted by Crippen LogP contribution is 2.69. The number of fused-ring (bicyclic) bond motifs is 5. The van der Waals surface area contributed by atoms with E-state index < -0.39 is 0 Å². The van der Waals surface area contributed by atoms with Crippen molar-refractivity contribution in [1.29, 1.82) is 0 Å². The molecule has 5 fully saturated rings. The van der Waals surface area contributed by atoms with Gasteiger partial charge in [0.1, 0.15) is 5.75 Å². The summed E-state index contributed by atoms with van der Waals surface area (Å²) in [5.41, 5.74) is 3.82. The van der Waals surface area contributed by atoms with Crippen molar-refractivity contribution in [2.24, 2.45) is 52.3 Å². The van der Waals surface area contributed by atoms with Crippen LogP contribution in [0.1, 0.15) is 111 Å². The third-order valence-corrected chi connectivity index (χ3v) is 14.3. The van der Waals surface area contributed by atoms with Crippen molar-refractivity contribution in [3.8, 4) is 5.75 Å². The highest BCUT2D eigenvalue weighted by atomic mass is 16.5. The van der Waals surface area contributed by atoms with Gasteiger partial charge in [0.25, 0.3) is 0 Å². The molecule has 0 radical (unpaired) electrons. The summed E-state index contributed by atoms with van der Waals surface area (Å²) >= 11 is 0. The van der Waals surface area contributed by atoms with Crippen LogP contribution in [0.25, 0.3) is 0 Å². The first kappa shape index (κ1) is 30.4. The zero-order chi connectivity index (χ0) is 29.5. The van der Waals surface area contributed by atoms with Gasteiger partial charge in [-0.3, -0.25) is 0 Å². The molecule has 6 unspecified atom stereocenters. The highest BCUT2D eigenvalue weighted by molar-refractivity contribution is 5.58. The zero-order valence-electron chi connectivity index (χ0n) is 27.9. The summed E-state index contributed by atoms with van der Waals surface area (Å²) in [7, 11) is 1.78. The number of rotatable bonds is 9. The molecule has 234 valence electrons. The molecule has 3 nitrogen and oxygen atoms in total. The molecule has 4 aliphatic carbocycles. The smallest absolute Gasteiger partial charge is 0.142 e. The number of hydrogen-bond donors (Lipinski definition) is 0. The maximum Gasteiger partial charge on any atom is 0.142 e. The van der Waals surface area contributed by atoms with Gasteiger partial charge in [-0.15, -0.1) is 0 Å². The molecule has 1 aromatic rings. The van der Waals surface area contributed by atoms with E-state index in [2.05, 4.69) is 68.3 Å². The second-order valence-corrected chi connectivity index (χ2v) is 15.9. The first-order valence-electron chi connectivity index (χ1n) is 18.1. The van der Waals surface area contributed by atoms with E-state index >= 15 is 0 Å². The Hall–Kier alpha value is -1.64. The summed E-state index contributed by atoms with van der Waals surface area (Å²) in [6.07, 6.45) is 18.9. The molecule has 1 saturated heterocycles. The fourth-order valence-corrected chi connectivity index (χ4v) is 12.1. The number of nitrogens with zero attached hydrogens (tertiary/aromatic N) is 2. The number of allylic oxidation sites excluding steroid dienone is 1. The summed E-state index contributed by atoms with van der Waals surface area (Å²) in [5, 5.41) is 0. The summed E-state index contributed by atoms with van der Waals surface area (Å²) in [5.74, 6) is 7.80. The average molecular weight is 575 g/mol. The van der Waals surface area contributed by atoms with E-state index in [1.165, 1.54) is 82.0 Å². The van der Waals surface area contributed by atoms with Crippen LogP contribution in [0.3, 0.4) is 0 Å². The van der Waals surface area contributed by atoms with E-state index in [9.17, 15) is 0 Å². The van der Waals surface area contributed by atoms with Crippen molar-refractivity contribution in [3.05, 3.63) is 36.5 Å². The first-order valence-corrected chi connectivity index (χ1v) is 18.1. The number of ether oxygens (including phenoxy) is 1. The van der Waals surface area contributed by atoms with Gasteiger partial charge >= 0.3 is 0 Å². The topological polar surface area (TPSA) is 15.7 Å². The van der Waals surface area contributed by atoms with Crippen molar-refractivity contribution < 1.29 is 4.74 Å². The predicted molar refractivity (Wildman–Crippen MR) is 178 cm³/mol. The van der Waals surface area contributed by atoms with Crippen LogP contribution in [0.2, 0.25) is 0 Å². The van der Waals surface area contributed by atoms with E-state index in [0.29, 0.717) is 10.8 Å². The monoisotopic (exact) mass is 574 g/mol. The maximum absolute atomic E-state index is 5.62. The van der Waals surface area contributed by atoms with Crippen molar-refractivity contribution in [2.45, 2.75) is 111 Å². The van der Waals surface area contributed by atoms with Crippen LogP contribution in [0.5, 0.6) is 5.75 Å². The molecule has 9 atom stereocenters. The number of piperazine rings is 1. The molecular weight excluding hydrogens is 512 g/mol. The number of hydrogen-bond acceptors (Lipinski definition) is 3. The number of anilines is 1. The Kier molecular flexibility index (Phi) is 8.97. The fraction of sp³-hybridized carbons (Fsp3) is 0.795. The second-order valence-electron chi connectivity index (χ2n) is 15.9. The number of methoxy groups -OCH3 is 1. The molecule has 1 aromatic carbocycles. The lowest BCUT2D eigenvalue weighted by molar-refractivity contribution is -0.138. The van der Waals surface area contributed by atoms with Crippen LogP contribution in [-0.4, -0.2) is 38.2 Å². The Morgan fingerprint density at radius 1 is 0.952 bits per heavy atom. The lowest BCUT2D eigenvalue weighted by Crippen LogP contribution is -2.55. The lowest BCUT2D eigenvalue weighted by Gasteiger charge is -2.63. The van der Waals surface area contributed by atoms with Gasteiger partial charge in [0.05, 0.1) is 12.8 Å². The Morgan fingerprint density at radius 2 is 1.71 bits per heavy atom. The largest absolute Gasteiger partial charge is 0.495 e. The van der Waals surface area contributed by atoms with Crippen LogP contribution in [0, 0.1) is 52.3 Å². The Bertz CT molecular complexity index is 1080. The zero-order valence-corrected chi connectivity index (χ0v) is 27.9. The lowest BCUT2D eigenvalue weighted by atomic mass is 9.42. The quantitative estimate of drug-likeness (QED) is 0.292. The van der Waals surface area contributed by atoms with Crippen molar-refractivity contribution in [3.63, 3.8) is 0 Å². The van der Waals surface area contributed by atoms with E-state index in [-0.39, 0.29) is 0 Å². The second kappa shape index (κ2) is 12.4. The van der Waals surface area contributed by atoms with Crippen molar-refractivity contribution in [2.75, 3.05) is 38.2 Å². The van der Waals surface area contributed by atoms with Crippen LogP contribution < -0.4 is 9.64 Å². The normalized spacial score (nSPS) is 38.8. The number of para-hydroxylation sites is 2. The molecule has 6 rings (SSSR count). The SMILES string of the molecule is C=C(CCCC(C)C1CCC2C3C[C@H](CC)C4CCCCC4(C)[C@H]3CC[C@]12C)N1CCN(c2ccccc2OC)CC1. The first-order chi connectivity index (χ1) is 20.3. The van der Waals surface area contributed by atoms with Gasteiger partial charge in [-0.25, -0.2) is 0 Å². The summed E-state index contributed by atoms with van der Waals surface area (Å²) in [6.45, 7) is 19.4. The summed E-state index contributed by atoms with van der Waals surface area (Å²) in [6, 6.07) is 8.44. The third kappa shape index (κ3) is 5.32. The van der Waals surface area contributed by atoms with Gasteiger partial charge in [-0.1, -0.05) is 72.1 Å². The van der Waals surface area contributed by atoms with Crippen LogP contribution in [0.15, 0.2) is 36.5 Å². The fourth-order valence-electron chi connectivity index (χ4n) is 12.1. The minimum absolute atomic E-state index is 0.586. The van der Waals surface area contributed by atoms with Crippen LogP contribution in [-0.2, 0) is 0 Å². The Balaban J connectivity index is 1.01. The van der Waals surface area contributed by atoms with Crippen LogP contribution in [0.4, 0.5) is 5.69 Å². The van der Waals surface area contributed by atoms with Gasteiger partial charge in [0, 0.05) is 31.9 Å². The van der Waals surface area contributed by atoms with Crippen molar-refractivity contribution >= 4 is 5.69 Å². The standard InChI is InChI=1S/C39H62N2O/c1-7-30-27-31-34-19-18-32(39(34,5)22-20-35(31)38(4)21-11-10-15-33(30)38)28(2)13-12-14-29(3)40-23-25-41(26-24-40)36-16-8-9-17-37(36)42-6/h8-9,16-17,28,30-35H,3,7,10-15,18-27H2,1-2,4-6H3/t28?,30-,31?,32?,33?,34?,35-,38?,39+/m0/s1. The van der Waals surface area contributed by atoms with Gasteiger partial charge in [-0.2, -0.15) is 0 Å². The molecule has 1 aliphatic heterocycles. The van der Waals surface area contributed by atoms with E-state index in [4.69, 9.17) is 4.74 Å². The maximum atomic E-state index is 5.62. The summed E-state index contributed by atoms with van der Waals surface area (Å²) < 4.78 is 5.62. The average Bonchev–Trinajstić information content (AvgIpc) is 3.37. The minimum atomic E-state index is 0.586. The van der Waals surface area contributed by atoms with Gasteiger partial charge in [-0.05, 0) is 122 Å². The third-order valence-electron chi connectivity index (χ3n) is 14.3. The van der Waals surface area contributed by atoms with Crippen molar-refractivity contribution in [1.82, 2.24) is 4.90 Å². The van der Waals surface area contributed by atoms with Gasteiger partial charge < -0.3 is 14.5 Å². The molecular formula is C39H62N2O. The van der Waals surface area contributed by atoms with E-state index in [1.807, 2.05) is 0 Å². The molecule has 0 amide bonds. The molecule has 0 aromatic heterocycles. The molecule has 5 aliphatic rings. The minimum Gasteiger partial charge on any atom is -0.495 e. The predicted octanol–water partition coefficient (Wildman–Crippen LogP) is 9.82. The molecule has 42 heavy (non-hydrogen) atoms. The molecule has 3 heteroatoms. The molecule has 4 saturated carbocycles. The Morgan fingerprint density at radius 3 is 2.48 bits per heavy atom. The summed E-state index contributed by atoms with van der Waals surface area (Å²) in [4.78, 5) is 5.03. The van der Waals surface area contributed by atoms with Gasteiger partial charge in [0.2, 0.25) is 0 Å². The molecule has 0 spiro atoms. The Labute approximate surface area is 258 Å². The van der Waals surface area contributed by atoms with E-state index in [1.54, 1.807) is 13.5 Å². The highest BCUT2D eigenvalue weighted by Gasteiger charge is 2.61. The van der Waals surface area contributed by atoms with E-state index in [0.717, 1.165) is 79.8 Å². The molecule has 0 N–H and O–H groups in total. The number of benzene rings is 1. The van der Waals surface area contributed by atoms with Gasteiger partial charge in [0.15, 0.2) is 0 Å².